The van der Waals surface area contributed by atoms with Crippen molar-refractivity contribution in [1.29, 1.82) is 5.26 Å². The first-order valence-corrected chi connectivity index (χ1v) is 19.2. The van der Waals surface area contributed by atoms with Crippen LogP contribution >= 0.6 is 0 Å². The minimum Gasteiger partial charge on any atom is -0.307 e. The van der Waals surface area contributed by atoms with E-state index in [0.717, 1.165) is 66.8 Å². The summed E-state index contributed by atoms with van der Waals surface area (Å²) in [5, 5.41) is 16.7. The van der Waals surface area contributed by atoms with Crippen LogP contribution in [0.15, 0.2) is 164 Å². The second-order valence-corrected chi connectivity index (χ2v) is 15.2. The van der Waals surface area contributed by atoms with Crippen molar-refractivity contribution in [2.75, 3.05) is 0 Å². The molecule has 0 saturated carbocycles. The number of rotatable bonds is 5. The summed E-state index contributed by atoms with van der Waals surface area (Å²) in [4.78, 5) is 0. The zero-order valence-corrected chi connectivity index (χ0v) is 31.9. The Bertz CT molecular complexity index is 2900. The second kappa shape index (κ2) is 13.0. The normalized spacial score (nSPS) is 11.6. The molecule has 3 heteroatoms. The molecule has 0 atom stereocenters. The van der Waals surface area contributed by atoms with Crippen molar-refractivity contribution < 1.29 is 0 Å². The summed E-state index contributed by atoms with van der Waals surface area (Å²) in [6, 6.07) is 61.8. The van der Waals surface area contributed by atoms with E-state index in [1.807, 2.05) is 0 Å². The molecule has 10 rings (SSSR count). The predicted molar refractivity (Wildman–Crippen MR) is 235 cm³/mol. The van der Waals surface area contributed by atoms with Crippen molar-refractivity contribution in [3.8, 4) is 50.8 Å². The molecule has 8 aromatic carbocycles. The van der Waals surface area contributed by atoms with Crippen LogP contribution < -0.4 is 0 Å². The third-order valence-electron chi connectivity index (χ3n) is 11.3. The van der Waals surface area contributed by atoms with Gasteiger partial charge in [0.2, 0.25) is 0 Å². The van der Waals surface area contributed by atoms with Gasteiger partial charge >= 0.3 is 0 Å². The van der Waals surface area contributed by atoms with Gasteiger partial charge in [-0.3, -0.25) is 0 Å². The van der Waals surface area contributed by atoms with Gasteiger partial charge in [-0.2, -0.15) is 5.26 Å². The van der Waals surface area contributed by atoms with Crippen LogP contribution in [0.2, 0.25) is 0 Å². The second-order valence-electron chi connectivity index (χ2n) is 15.2. The Hall–Kier alpha value is -7.15. The number of hydrogen-bond acceptors (Lipinski definition) is 1. The van der Waals surface area contributed by atoms with Gasteiger partial charge in [0, 0.05) is 38.2 Å². The van der Waals surface area contributed by atoms with Crippen molar-refractivity contribution >= 4 is 43.6 Å². The van der Waals surface area contributed by atoms with E-state index in [0.29, 0.717) is 5.56 Å². The minimum atomic E-state index is 0.613. The van der Waals surface area contributed by atoms with Gasteiger partial charge in [-0.25, -0.2) is 0 Å². The third-order valence-corrected chi connectivity index (χ3v) is 11.3. The van der Waals surface area contributed by atoms with E-state index in [4.69, 9.17) is 0 Å². The first-order valence-electron chi connectivity index (χ1n) is 19.2. The van der Waals surface area contributed by atoms with Crippen LogP contribution in [0.1, 0.15) is 27.8 Å². The summed E-state index contributed by atoms with van der Waals surface area (Å²) in [5.74, 6) is 0. The Balaban J connectivity index is 1.55. The van der Waals surface area contributed by atoms with Crippen molar-refractivity contribution in [3.05, 3.63) is 192 Å². The first kappa shape index (κ1) is 33.4. The molecule has 0 unspecified atom stereocenters. The van der Waals surface area contributed by atoms with Crippen molar-refractivity contribution in [1.82, 2.24) is 9.13 Å². The van der Waals surface area contributed by atoms with E-state index in [9.17, 15) is 5.26 Å². The number of benzene rings is 8. The Kier molecular flexibility index (Phi) is 7.76. The van der Waals surface area contributed by atoms with Crippen molar-refractivity contribution in [2.45, 2.75) is 27.7 Å². The lowest BCUT2D eigenvalue weighted by Crippen LogP contribution is -2.11. The molecule has 3 nitrogen and oxygen atoms in total. The average molecular weight is 718 g/mol. The lowest BCUT2D eigenvalue weighted by Gasteiger charge is -2.28. The van der Waals surface area contributed by atoms with Crippen molar-refractivity contribution in [2.24, 2.45) is 0 Å². The van der Waals surface area contributed by atoms with Gasteiger partial charge in [0.15, 0.2) is 0 Å². The molecule has 56 heavy (non-hydrogen) atoms. The largest absolute Gasteiger partial charge is 0.307 e. The fourth-order valence-corrected chi connectivity index (χ4v) is 8.93. The van der Waals surface area contributed by atoms with E-state index in [2.05, 4.69) is 207 Å². The quantitative estimate of drug-likeness (QED) is 0.174. The molecule has 0 amide bonds. The molecule has 2 heterocycles. The Morgan fingerprint density at radius 3 is 0.929 bits per heavy atom. The van der Waals surface area contributed by atoms with Gasteiger partial charge < -0.3 is 9.13 Å². The summed E-state index contributed by atoms with van der Waals surface area (Å²) in [6.45, 7) is 8.61. The monoisotopic (exact) mass is 717 g/mol. The van der Waals surface area contributed by atoms with E-state index < -0.39 is 0 Å². The van der Waals surface area contributed by atoms with Crippen LogP contribution in [0.4, 0.5) is 0 Å². The highest BCUT2D eigenvalue weighted by atomic mass is 15.0. The summed E-state index contributed by atoms with van der Waals surface area (Å²) >= 11 is 0. The van der Waals surface area contributed by atoms with E-state index in [1.54, 1.807) is 0 Å². The molecule has 2 aromatic heterocycles. The molecular weight excluding hydrogens is 679 g/mol. The Morgan fingerprint density at radius 2 is 0.643 bits per heavy atom. The highest BCUT2D eigenvalue weighted by Crippen LogP contribution is 2.52. The maximum atomic E-state index is 12.0. The maximum Gasteiger partial charge on any atom is 0.104 e. The number of nitrogens with zero attached hydrogens (tertiary/aromatic N) is 3. The van der Waals surface area contributed by atoms with Crippen LogP contribution in [0.5, 0.6) is 0 Å². The van der Waals surface area contributed by atoms with Crippen LogP contribution in [-0.4, -0.2) is 9.13 Å². The zero-order valence-electron chi connectivity index (χ0n) is 31.9. The summed E-state index contributed by atoms with van der Waals surface area (Å²) < 4.78 is 4.74. The number of aryl methyl sites for hydroxylation is 4. The molecule has 10 aromatic rings. The van der Waals surface area contributed by atoms with Gasteiger partial charge in [-0.05, 0) is 92.9 Å². The SMILES string of the molecule is Cc1ccc2c(c1)c1cc(C)ccc1n2-c1c(C#N)c(-n2c3ccc(C)cc3c3cc(C)ccc32)c(-c2ccccc2)c(-c2ccccc2)c1-c1ccccc1. The van der Waals surface area contributed by atoms with Crippen LogP contribution in [0.25, 0.3) is 88.4 Å². The smallest absolute Gasteiger partial charge is 0.104 e. The van der Waals surface area contributed by atoms with Gasteiger partial charge in [0.05, 0.1) is 33.4 Å². The topological polar surface area (TPSA) is 33.6 Å². The van der Waals surface area contributed by atoms with E-state index in [-0.39, 0.29) is 0 Å². The third kappa shape index (κ3) is 5.11. The lowest BCUT2D eigenvalue weighted by atomic mass is 9.82. The first-order chi connectivity index (χ1) is 27.4. The molecular formula is C53H39N3. The highest BCUT2D eigenvalue weighted by Gasteiger charge is 2.32. The predicted octanol–water partition coefficient (Wildman–Crippen LogP) is 14.0. The summed E-state index contributed by atoms with van der Waals surface area (Å²) in [7, 11) is 0. The van der Waals surface area contributed by atoms with Crippen molar-refractivity contribution in [3.63, 3.8) is 0 Å². The standard InChI is InChI=1S/C53H39N3/c1-33-20-24-45-40(28-33)41-29-34(2)21-25-46(41)55(45)52-44(32-54)53(56-47-26-22-35(3)30-42(47)43-31-36(4)23-27-48(43)56)51(39-18-12-7-13-19-39)49(37-14-8-5-9-15-37)50(52)38-16-10-6-11-17-38/h5-31H,1-4H3. The minimum absolute atomic E-state index is 0.613. The van der Waals surface area contributed by atoms with E-state index in [1.165, 1.54) is 43.8 Å². The van der Waals surface area contributed by atoms with Crippen LogP contribution in [0.3, 0.4) is 0 Å². The van der Waals surface area contributed by atoms with Gasteiger partial charge in [0.1, 0.15) is 11.6 Å². The molecule has 0 bridgehead atoms. The number of aromatic nitrogens is 2. The van der Waals surface area contributed by atoms with Gasteiger partial charge in [-0.15, -0.1) is 0 Å². The van der Waals surface area contributed by atoms with Crippen LogP contribution in [0, 0.1) is 39.0 Å². The molecule has 0 aliphatic rings. The fraction of sp³-hybridized carbons (Fsp3) is 0.0755. The molecule has 0 aliphatic heterocycles. The zero-order chi connectivity index (χ0) is 38.1. The molecule has 0 radical (unpaired) electrons. The molecule has 0 N–H and O–H groups in total. The molecule has 0 fully saturated rings. The fourth-order valence-electron chi connectivity index (χ4n) is 8.93. The number of hydrogen-bond donors (Lipinski definition) is 0. The molecule has 0 spiro atoms. The number of fused-ring (bicyclic) bond motifs is 6. The maximum absolute atomic E-state index is 12.0. The molecule has 0 aliphatic carbocycles. The lowest BCUT2D eigenvalue weighted by molar-refractivity contribution is 1.12. The Morgan fingerprint density at radius 1 is 0.357 bits per heavy atom. The van der Waals surface area contributed by atoms with E-state index >= 15 is 0 Å². The van der Waals surface area contributed by atoms with Gasteiger partial charge in [-0.1, -0.05) is 138 Å². The molecule has 266 valence electrons. The van der Waals surface area contributed by atoms with Crippen LogP contribution in [-0.2, 0) is 0 Å². The summed E-state index contributed by atoms with van der Waals surface area (Å²) in [5.41, 5.74) is 17.7. The highest BCUT2D eigenvalue weighted by molar-refractivity contribution is 6.15. The molecule has 0 saturated heterocycles. The number of nitriles is 1. The Labute approximate surface area is 326 Å². The average Bonchev–Trinajstić information content (AvgIpc) is 3.71. The van der Waals surface area contributed by atoms with Gasteiger partial charge in [0.25, 0.3) is 0 Å². The summed E-state index contributed by atoms with van der Waals surface area (Å²) in [6.07, 6.45) is 0.